The third-order valence-electron chi connectivity index (χ3n) is 1.29. The summed E-state index contributed by atoms with van der Waals surface area (Å²) in [5.41, 5.74) is 0. The van der Waals surface area contributed by atoms with E-state index in [0.717, 1.165) is 19.5 Å². The van der Waals surface area contributed by atoms with Crippen LogP contribution in [-0.4, -0.2) is 24.3 Å². The first-order valence-electron chi connectivity index (χ1n) is 3.95. The van der Waals surface area contributed by atoms with E-state index in [1.165, 1.54) is 6.34 Å². The van der Waals surface area contributed by atoms with Gasteiger partial charge in [-0.15, -0.1) is 0 Å². The molecule has 0 saturated heterocycles. The topological polar surface area (TPSA) is 27.1 Å². The first-order chi connectivity index (χ1) is 4.70. The molecule has 1 N–H and O–H groups in total. The van der Waals surface area contributed by atoms with Crippen molar-refractivity contribution in [2.75, 3.05) is 13.1 Å². The fourth-order valence-corrected chi connectivity index (χ4v) is 0.965. The molecule has 0 aliphatic heterocycles. The first-order valence-corrected chi connectivity index (χ1v) is 3.95. The zero-order chi connectivity index (χ0) is 7.98. The fourth-order valence-electron chi connectivity index (χ4n) is 0.965. The zero-order valence-corrected chi connectivity index (χ0v) is 7.22. The molecule has 0 heterocycles. The summed E-state index contributed by atoms with van der Waals surface area (Å²) in [6.45, 7) is 8.51. The van der Waals surface area contributed by atoms with Crippen LogP contribution < -0.4 is 0 Å². The van der Waals surface area contributed by atoms with Crippen molar-refractivity contribution >= 4 is 6.34 Å². The minimum absolute atomic E-state index is 0.660. The van der Waals surface area contributed by atoms with Crippen molar-refractivity contribution in [3.05, 3.63) is 0 Å². The highest BCUT2D eigenvalue weighted by molar-refractivity contribution is 5.50. The number of nitrogens with one attached hydrogen (secondary N) is 1. The van der Waals surface area contributed by atoms with E-state index in [9.17, 15) is 0 Å². The van der Waals surface area contributed by atoms with E-state index < -0.39 is 0 Å². The van der Waals surface area contributed by atoms with Gasteiger partial charge in [0.2, 0.25) is 0 Å². The van der Waals surface area contributed by atoms with Crippen molar-refractivity contribution in [2.24, 2.45) is 5.92 Å². The molecule has 0 atom stereocenters. The molecule has 60 valence electrons. The number of hydrogen-bond acceptors (Lipinski definition) is 1. The van der Waals surface area contributed by atoms with Gasteiger partial charge >= 0.3 is 0 Å². The summed E-state index contributed by atoms with van der Waals surface area (Å²) >= 11 is 0. The van der Waals surface area contributed by atoms with Crippen LogP contribution in [0, 0.1) is 11.3 Å². The van der Waals surface area contributed by atoms with E-state index in [-0.39, 0.29) is 0 Å². The van der Waals surface area contributed by atoms with Gasteiger partial charge in [-0.2, -0.15) is 0 Å². The van der Waals surface area contributed by atoms with Gasteiger partial charge in [0.1, 0.15) is 0 Å². The molecular formula is C8H18N2. The molecule has 0 aliphatic carbocycles. The van der Waals surface area contributed by atoms with Crippen molar-refractivity contribution in [2.45, 2.75) is 27.2 Å². The normalized spacial score (nSPS) is 10.0. The van der Waals surface area contributed by atoms with E-state index >= 15 is 0 Å². The lowest BCUT2D eigenvalue weighted by atomic mass is 10.2. The monoisotopic (exact) mass is 142 g/mol. The lowest BCUT2D eigenvalue weighted by molar-refractivity contribution is 0.373. The predicted molar refractivity (Wildman–Crippen MR) is 45.5 cm³/mol. The molecular weight excluding hydrogens is 124 g/mol. The zero-order valence-electron chi connectivity index (χ0n) is 7.22. The minimum atomic E-state index is 0.660. The Morgan fingerprint density at radius 2 is 2.10 bits per heavy atom. The van der Waals surface area contributed by atoms with Crippen molar-refractivity contribution in [1.29, 1.82) is 5.41 Å². The highest BCUT2D eigenvalue weighted by Crippen LogP contribution is 1.96. The average Bonchev–Trinajstić information content (AvgIpc) is 1.86. The summed E-state index contributed by atoms with van der Waals surface area (Å²) in [6.07, 6.45) is 2.56. The lowest BCUT2D eigenvalue weighted by Gasteiger charge is -2.19. The molecule has 0 aliphatic rings. The van der Waals surface area contributed by atoms with Crippen LogP contribution in [0.3, 0.4) is 0 Å². The molecule has 2 nitrogen and oxygen atoms in total. The Morgan fingerprint density at radius 1 is 1.50 bits per heavy atom. The van der Waals surface area contributed by atoms with E-state index in [0.29, 0.717) is 5.92 Å². The summed E-state index contributed by atoms with van der Waals surface area (Å²) < 4.78 is 0. The molecule has 0 rings (SSSR count). The molecule has 0 radical (unpaired) electrons. The average molecular weight is 142 g/mol. The second kappa shape index (κ2) is 5.27. The molecule has 0 spiro atoms. The maximum absolute atomic E-state index is 7.06. The third-order valence-corrected chi connectivity index (χ3v) is 1.29. The van der Waals surface area contributed by atoms with Gasteiger partial charge in [0, 0.05) is 13.1 Å². The molecule has 0 aromatic rings. The Balaban J connectivity index is 3.49. The molecule has 0 fully saturated rings. The summed E-state index contributed by atoms with van der Waals surface area (Å²) in [5, 5.41) is 7.06. The van der Waals surface area contributed by atoms with E-state index in [4.69, 9.17) is 5.41 Å². The smallest absolute Gasteiger partial charge is 0.0817 e. The van der Waals surface area contributed by atoms with Crippen LogP contribution >= 0.6 is 0 Å². The van der Waals surface area contributed by atoms with Crippen molar-refractivity contribution in [3.63, 3.8) is 0 Å². The maximum atomic E-state index is 7.06. The Hall–Kier alpha value is -0.530. The summed E-state index contributed by atoms with van der Waals surface area (Å²) in [5.74, 6) is 0.660. The first kappa shape index (κ1) is 9.47. The Bertz CT molecular complexity index is 89.3. The number of hydrogen-bond donors (Lipinski definition) is 1. The van der Waals surface area contributed by atoms with Gasteiger partial charge in [0.15, 0.2) is 0 Å². The molecule has 2 heteroatoms. The molecule has 10 heavy (non-hydrogen) atoms. The van der Waals surface area contributed by atoms with Gasteiger partial charge in [-0.1, -0.05) is 20.8 Å². The number of rotatable bonds is 5. The SMILES string of the molecule is CCCN(C=N)CC(C)C. The summed E-state index contributed by atoms with van der Waals surface area (Å²) in [6, 6.07) is 0. The van der Waals surface area contributed by atoms with Gasteiger partial charge in [0.05, 0.1) is 6.34 Å². The van der Waals surface area contributed by atoms with Crippen LogP contribution in [0.1, 0.15) is 27.2 Å². The molecule has 0 bridgehead atoms. The second-order valence-corrected chi connectivity index (χ2v) is 3.02. The largest absolute Gasteiger partial charge is 0.363 e. The van der Waals surface area contributed by atoms with Crippen LogP contribution in [0.2, 0.25) is 0 Å². The predicted octanol–water partition coefficient (Wildman–Crippen LogP) is 1.96. The van der Waals surface area contributed by atoms with Crippen LogP contribution in [0.15, 0.2) is 0 Å². The van der Waals surface area contributed by atoms with Crippen molar-refractivity contribution in [1.82, 2.24) is 4.90 Å². The maximum Gasteiger partial charge on any atom is 0.0817 e. The van der Waals surface area contributed by atoms with Crippen LogP contribution in [0.5, 0.6) is 0 Å². The van der Waals surface area contributed by atoms with Gasteiger partial charge in [-0.3, -0.25) is 5.41 Å². The Kier molecular flexibility index (Phi) is 4.99. The highest BCUT2D eigenvalue weighted by atomic mass is 15.1. The van der Waals surface area contributed by atoms with Gasteiger partial charge in [0.25, 0.3) is 0 Å². The minimum Gasteiger partial charge on any atom is -0.363 e. The van der Waals surface area contributed by atoms with Gasteiger partial charge in [-0.05, 0) is 12.3 Å². The van der Waals surface area contributed by atoms with Gasteiger partial charge < -0.3 is 4.90 Å². The third kappa shape index (κ3) is 4.36. The summed E-state index contributed by atoms with van der Waals surface area (Å²) in [7, 11) is 0. The Morgan fingerprint density at radius 3 is 2.40 bits per heavy atom. The standard InChI is InChI=1S/C8H18N2/c1-4-5-10(7-9)6-8(2)3/h7-9H,4-6H2,1-3H3. The van der Waals surface area contributed by atoms with Crippen LogP contribution in [0.25, 0.3) is 0 Å². The van der Waals surface area contributed by atoms with Crippen molar-refractivity contribution in [3.8, 4) is 0 Å². The summed E-state index contributed by atoms with van der Waals surface area (Å²) in [4.78, 5) is 2.05. The second-order valence-electron chi connectivity index (χ2n) is 3.02. The Labute approximate surface area is 63.7 Å². The molecule has 0 unspecified atom stereocenters. The fraction of sp³-hybridized carbons (Fsp3) is 0.875. The molecule has 0 aromatic heterocycles. The quantitative estimate of drug-likeness (QED) is 0.461. The van der Waals surface area contributed by atoms with Crippen LogP contribution in [-0.2, 0) is 0 Å². The van der Waals surface area contributed by atoms with E-state index in [1.807, 2.05) is 4.90 Å². The molecule has 0 aromatic carbocycles. The van der Waals surface area contributed by atoms with E-state index in [1.54, 1.807) is 0 Å². The van der Waals surface area contributed by atoms with Crippen molar-refractivity contribution < 1.29 is 0 Å². The molecule has 0 amide bonds. The van der Waals surface area contributed by atoms with Crippen LogP contribution in [0.4, 0.5) is 0 Å². The molecule has 0 saturated carbocycles. The van der Waals surface area contributed by atoms with Gasteiger partial charge in [-0.25, -0.2) is 0 Å². The lowest BCUT2D eigenvalue weighted by Crippen LogP contribution is -2.26. The van der Waals surface area contributed by atoms with E-state index in [2.05, 4.69) is 20.8 Å². The highest BCUT2D eigenvalue weighted by Gasteiger charge is 1.99. The number of nitrogens with zero attached hydrogens (tertiary/aromatic N) is 1.